The molecule has 0 amide bonds. The zero-order valence-corrected chi connectivity index (χ0v) is 14.6. The summed E-state index contributed by atoms with van der Waals surface area (Å²) < 4.78 is 224. The molecule has 190 valence electrons. The van der Waals surface area contributed by atoms with Crippen molar-refractivity contribution in [1.29, 1.82) is 0 Å². The molecule has 1 aromatic rings. The lowest BCUT2D eigenvalue weighted by Gasteiger charge is -2.42. The standard InChI is InChI=1S/C14H4F17NO/c15-7(16,5-1-3-6(32-33)4-2-5)8(17,18)9(19,20)10(21,22)11(23,24)12(25,26)13(27,28)14(29,30)31/h1-4H. The van der Waals surface area contributed by atoms with Crippen molar-refractivity contribution in [1.82, 2.24) is 0 Å². The Morgan fingerprint density at radius 1 is 0.455 bits per heavy atom. The highest BCUT2D eigenvalue weighted by molar-refractivity contribution is 5.40. The average Bonchev–Trinajstić information content (AvgIpc) is 2.66. The van der Waals surface area contributed by atoms with Crippen LogP contribution in [0.3, 0.4) is 0 Å². The van der Waals surface area contributed by atoms with Gasteiger partial charge in [-0.05, 0) is 17.3 Å². The lowest BCUT2D eigenvalue weighted by molar-refractivity contribution is -0.462. The van der Waals surface area contributed by atoms with Crippen molar-refractivity contribution in [3.05, 3.63) is 34.7 Å². The van der Waals surface area contributed by atoms with Gasteiger partial charge in [-0.3, -0.25) is 0 Å². The molecule has 1 rings (SSSR count). The first kappa shape index (κ1) is 28.7. The summed E-state index contributed by atoms with van der Waals surface area (Å²) in [6, 6.07) is -0.447. The molecule has 0 radical (unpaired) electrons. The lowest BCUT2D eigenvalue weighted by Crippen LogP contribution is -2.74. The van der Waals surface area contributed by atoms with Crippen LogP contribution in [0, 0.1) is 4.91 Å². The quantitative estimate of drug-likeness (QED) is 0.255. The molecule has 0 N–H and O–H groups in total. The predicted octanol–water partition coefficient (Wildman–Crippen LogP) is 7.55. The first-order chi connectivity index (χ1) is 14.3. The van der Waals surface area contributed by atoms with E-state index in [2.05, 4.69) is 5.18 Å². The van der Waals surface area contributed by atoms with E-state index >= 15 is 0 Å². The topological polar surface area (TPSA) is 29.4 Å². The number of rotatable bonds is 8. The van der Waals surface area contributed by atoms with Crippen molar-refractivity contribution >= 4 is 5.69 Å². The van der Waals surface area contributed by atoms with Gasteiger partial charge in [0.25, 0.3) is 0 Å². The average molecular weight is 525 g/mol. The van der Waals surface area contributed by atoms with E-state index in [1.54, 1.807) is 0 Å². The highest BCUT2D eigenvalue weighted by Gasteiger charge is 2.95. The van der Waals surface area contributed by atoms with Gasteiger partial charge in [0, 0.05) is 5.56 Å². The SMILES string of the molecule is O=Nc1ccc(C(F)(F)C(F)(F)C(F)(F)C(F)(F)C(F)(F)C(F)(F)C(F)(F)C(F)(F)F)cc1. The number of hydrogen-bond acceptors (Lipinski definition) is 2. The van der Waals surface area contributed by atoms with E-state index in [1.165, 1.54) is 0 Å². The smallest absolute Gasteiger partial charge is 0.194 e. The van der Waals surface area contributed by atoms with Gasteiger partial charge in [-0.15, -0.1) is 4.91 Å². The first-order valence-electron chi connectivity index (χ1n) is 7.44. The van der Waals surface area contributed by atoms with Crippen molar-refractivity contribution in [3.8, 4) is 0 Å². The normalized spacial score (nSPS) is 15.5. The molecule has 33 heavy (non-hydrogen) atoms. The van der Waals surface area contributed by atoms with Gasteiger partial charge in [-0.1, -0.05) is 12.1 Å². The van der Waals surface area contributed by atoms with E-state index in [9.17, 15) is 79.5 Å². The van der Waals surface area contributed by atoms with Gasteiger partial charge in [0.05, 0.1) is 0 Å². The number of halogens is 17. The summed E-state index contributed by atoms with van der Waals surface area (Å²) in [5.41, 5.74) is -3.25. The highest BCUT2D eigenvalue weighted by atomic mass is 19.4. The fraction of sp³-hybridized carbons (Fsp3) is 0.571. The zero-order chi connectivity index (χ0) is 26.7. The third kappa shape index (κ3) is 3.66. The maximum Gasteiger partial charge on any atom is 0.460 e. The monoisotopic (exact) mass is 525 g/mol. The second-order valence-electron chi connectivity index (χ2n) is 6.16. The van der Waals surface area contributed by atoms with Crippen LogP contribution in [0.5, 0.6) is 0 Å². The lowest BCUT2D eigenvalue weighted by atomic mass is 9.87. The third-order valence-electron chi connectivity index (χ3n) is 4.06. The summed E-state index contributed by atoms with van der Waals surface area (Å²) >= 11 is 0. The maximum atomic E-state index is 13.9. The van der Waals surface area contributed by atoms with Crippen LogP contribution in [-0.4, -0.2) is 41.7 Å². The Labute approximate surface area is 169 Å². The van der Waals surface area contributed by atoms with Crippen LogP contribution < -0.4 is 0 Å². The van der Waals surface area contributed by atoms with Crippen LogP contribution in [0.25, 0.3) is 0 Å². The van der Waals surface area contributed by atoms with Gasteiger partial charge in [0.15, 0.2) is 0 Å². The molecular weight excluding hydrogens is 521 g/mol. The van der Waals surface area contributed by atoms with E-state index < -0.39 is 58.9 Å². The van der Waals surface area contributed by atoms with Crippen LogP contribution in [-0.2, 0) is 5.92 Å². The van der Waals surface area contributed by atoms with Crippen molar-refractivity contribution < 1.29 is 74.6 Å². The van der Waals surface area contributed by atoms with E-state index in [1.807, 2.05) is 0 Å². The molecule has 1 aromatic carbocycles. The fourth-order valence-corrected chi connectivity index (χ4v) is 2.08. The van der Waals surface area contributed by atoms with Crippen LogP contribution >= 0.6 is 0 Å². The molecule has 0 spiro atoms. The molecule has 0 unspecified atom stereocenters. The molecule has 2 nitrogen and oxygen atoms in total. The summed E-state index contributed by atoms with van der Waals surface area (Å²) in [5, 5.41) is 2.05. The second-order valence-corrected chi connectivity index (χ2v) is 6.16. The van der Waals surface area contributed by atoms with Gasteiger partial charge in [-0.25, -0.2) is 0 Å². The predicted molar refractivity (Wildman–Crippen MR) is 71.5 cm³/mol. The number of nitroso groups, excluding NO2 is 1. The summed E-state index contributed by atoms with van der Waals surface area (Å²) in [4.78, 5) is 10.1. The molecule has 19 heteroatoms. The summed E-state index contributed by atoms with van der Waals surface area (Å²) in [6.45, 7) is 0. The van der Waals surface area contributed by atoms with E-state index in [0.29, 0.717) is 0 Å². The minimum atomic E-state index is -8.67. The zero-order valence-electron chi connectivity index (χ0n) is 14.6. The number of alkyl halides is 17. The molecule has 0 aliphatic carbocycles. The van der Waals surface area contributed by atoms with Crippen molar-refractivity contribution in [2.45, 2.75) is 47.6 Å². The van der Waals surface area contributed by atoms with Crippen LogP contribution in [0.1, 0.15) is 5.56 Å². The summed E-state index contributed by atoms with van der Waals surface area (Å²) in [7, 11) is 0. The van der Waals surface area contributed by atoms with Crippen LogP contribution in [0.15, 0.2) is 29.4 Å². The molecule has 0 bridgehead atoms. The first-order valence-corrected chi connectivity index (χ1v) is 7.44. The largest absolute Gasteiger partial charge is 0.460 e. The third-order valence-corrected chi connectivity index (χ3v) is 4.06. The Morgan fingerprint density at radius 3 is 1.06 bits per heavy atom. The van der Waals surface area contributed by atoms with Gasteiger partial charge >= 0.3 is 47.6 Å². The van der Waals surface area contributed by atoms with Gasteiger partial charge < -0.3 is 0 Å². The second kappa shape index (κ2) is 7.57. The Kier molecular flexibility index (Phi) is 6.58. The van der Waals surface area contributed by atoms with Crippen molar-refractivity contribution in [2.75, 3.05) is 0 Å². The van der Waals surface area contributed by atoms with Gasteiger partial charge in [0.1, 0.15) is 5.69 Å². The number of nitrogens with zero attached hydrogens (tertiary/aromatic N) is 1. The van der Waals surface area contributed by atoms with Crippen molar-refractivity contribution in [3.63, 3.8) is 0 Å². The number of benzene rings is 1. The molecule has 0 aliphatic rings. The minimum Gasteiger partial charge on any atom is -0.194 e. The Balaban J connectivity index is 3.69. The van der Waals surface area contributed by atoms with E-state index in [0.717, 1.165) is 0 Å². The Bertz CT molecular complexity index is 871. The Hall–Kier alpha value is -2.37. The molecule has 0 saturated heterocycles. The molecule has 0 heterocycles. The van der Waals surface area contributed by atoms with Gasteiger partial charge in [-0.2, -0.15) is 74.6 Å². The molecule has 0 aliphatic heterocycles. The highest BCUT2D eigenvalue weighted by Crippen LogP contribution is 2.65. The fourth-order valence-electron chi connectivity index (χ4n) is 2.08. The van der Waals surface area contributed by atoms with Crippen molar-refractivity contribution in [2.24, 2.45) is 5.18 Å². The molecule has 0 atom stereocenters. The summed E-state index contributed by atoms with van der Waals surface area (Å²) in [6.07, 6.45) is -7.80. The van der Waals surface area contributed by atoms with Gasteiger partial charge in [0.2, 0.25) is 0 Å². The molecular formula is C14H4F17NO. The van der Waals surface area contributed by atoms with Crippen LogP contribution in [0.4, 0.5) is 80.3 Å². The molecule has 0 aromatic heterocycles. The molecule has 0 fully saturated rings. The maximum absolute atomic E-state index is 13.9. The minimum absolute atomic E-state index is 0.106. The number of hydrogen-bond donors (Lipinski definition) is 0. The Morgan fingerprint density at radius 2 is 0.758 bits per heavy atom. The van der Waals surface area contributed by atoms with E-state index in [4.69, 9.17) is 0 Å². The summed E-state index contributed by atoms with van der Waals surface area (Å²) in [5.74, 6) is -56.9. The molecule has 0 saturated carbocycles. The van der Waals surface area contributed by atoms with Crippen LogP contribution in [0.2, 0.25) is 0 Å². The van der Waals surface area contributed by atoms with E-state index in [-0.39, 0.29) is 24.3 Å².